The molecule has 1 heterocycles. The number of hydrogen-bond donors (Lipinski definition) is 2. The van der Waals surface area contributed by atoms with Crippen molar-refractivity contribution in [2.75, 3.05) is 13.6 Å². The number of rotatable bonds is 8. The van der Waals surface area contributed by atoms with Crippen molar-refractivity contribution in [2.24, 2.45) is 5.92 Å². The molecule has 2 N–H and O–H groups in total. The van der Waals surface area contributed by atoms with E-state index in [1.165, 1.54) is 37.0 Å². The molecule has 1 aliphatic rings. The fourth-order valence-electron chi connectivity index (χ4n) is 3.10. The van der Waals surface area contributed by atoms with E-state index in [1.807, 2.05) is 19.4 Å². The average Bonchev–Trinajstić information content (AvgIpc) is 3.05. The first-order valence-corrected chi connectivity index (χ1v) is 10.1. The van der Waals surface area contributed by atoms with E-state index < -0.39 is 10.0 Å². The molecule has 4 nitrogen and oxygen atoms in total. The van der Waals surface area contributed by atoms with Gasteiger partial charge in [-0.25, -0.2) is 13.1 Å². The van der Waals surface area contributed by atoms with Gasteiger partial charge in [0.05, 0.1) is 0 Å². The summed E-state index contributed by atoms with van der Waals surface area (Å²) in [7, 11) is -1.54. The SMILES string of the molecule is CNCc1scc(C)c1S(=O)(=O)NCCCC1CCCC1. The van der Waals surface area contributed by atoms with Crippen LogP contribution in [0.15, 0.2) is 10.3 Å². The minimum absolute atomic E-state index is 0.475. The van der Waals surface area contributed by atoms with Gasteiger partial charge in [-0.15, -0.1) is 11.3 Å². The fourth-order valence-corrected chi connectivity index (χ4v) is 5.99. The summed E-state index contributed by atoms with van der Waals surface area (Å²) in [5, 5.41) is 4.95. The van der Waals surface area contributed by atoms with Gasteiger partial charge in [0.2, 0.25) is 10.0 Å². The highest BCUT2D eigenvalue weighted by atomic mass is 32.2. The molecular formula is C15H26N2O2S2. The Labute approximate surface area is 132 Å². The first-order chi connectivity index (χ1) is 10.0. The Kier molecular flexibility index (Phi) is 6.22. The van der Waals surface area contributed by atoms with Crippen molar-refractivity contribution in [3.8, 4) is 0 Å². The lowest BCUT2D eigenvalue weighted by atomic mass is 10.0. The molecule has 0 aromatic carbocycles. The predicted octanol–water partition coefficient (Wildman–Crippen LogP) is 3.02. The third-order valence-corrected chi connectivity index (χ3v) is 7.08. The van der Waals surface area contributed by atoms with E-state index in [9.17, 15) is 8.42 Å². The van der Waals surface area contributed by atoms with Gasteiger partial charge in [-0.3, -0.25) is 0 Å². The Morgan fingerprint density at radius 2 is 2.05 bits per heavy atom. The molecule has 6 heteroatoms. The van der Waals surface area contributed by atoms with Crippen LogP contribution in [0.2, 0.25) is 0 Å². The van der Waals surface area contributed by atoms with Crippen LogP contribution in [0, 0.1) is 12.8 Å². The van der Waals surface area contributed by atoms with Crippen LogP contribution >= 0.6 is 11.3 Å². The lowest BCUT2D eigenvalue weighted by Gasteiger charge is -2.11. The van der Waals surface area contributed by atoms with Crippen molar-refractivity contribution in [1.82, 2.24) is 10.0 Å². The zero-order chi connectivity index (χ0) is 15.3. The maximum absolute atomic E-state index is 12.5. The molecule has 1 saturated carbocycles. The number of hydrogen-bond acceptors (Lipinski definition) is 4. The molecular weight excluding hydrogens is 304 g/mol. The zero-order valence-corrected chi connectivity index (χ0v) is 14.6. The zero-order valence-electron chi connectivity index (χ0n) is 12.9. The second-order valence-electron chi connectivity index (χ2n) is 5.89. The summed E-state index contributed by atoms with van der Waals surface area (Å²) in [6.45, 7) is 3.01. The second-order valence-corrected chi connectivity index (χ2v) is 8.56. The highest BCUT2D eigenvalue weighted by molar-refractivity contribution is 7.89. The summed E-state index contributed by atoms with van der Waals surface area (Å²) in [4.78, 5) is 1.36. The molecule has 1 aromatic rings. The molecule has 0 spiro atoms. The van der Waals surface area contributed by atoms with Crippen molar-refractivity contribution in [2.45, 2.75) is 56.9 Å². The molecule has 1 aromatic heterocycles. The smallest absolute Gasteiger partial charge is 0.241 e. The summed E-state index contributed by atoms with van der Waals surface area (Å²) < 4.78 is 27.7. The van der Waals surface area contributed by atoms with Crippen molar-refractivity contribution in [3.63, 3.8) is 0 Å². The quantitative estimate of drug-likeness (QED) is 0.720. The summed E-state index contributed by atoms with van der Waals surface area (Å²) in [6.07, 6.45) is 7.42. The lowest BCUT2D eigenvalue weighted by Crippen LogP contribution is -2.26. The predicted molar refractivity (Wildman–Crippen MR) is 88.2 cm³/mol. The Hall–Kier alpha value is -0.430. The number of aryl methyl sites for hydroxylation is 1. The summed E-state index contributed by atoms with van der Waals surface area (Å²) >= 11 is 1.51. The standard InChI is InChI=1S/C15H26N2O2S2/c1-12-11-20-14(10-16-2)15(12)21(18,19)17-9-5-8-13-6-3-4-7-13/h11,13,16-17H,3-10H2,1-2H3. The Morgan fingerprint density at radius 1 is 1.33 bits per heavy atom. The number of nitrogens with one attached hydrogen (secondary N) is 2. The molecule has 0 atom stereocenters. The minimum Gasteiger partial charge on any atom is -0.315 e. The van der Waals surface area contributed by atoms with Crippen LogP contribution in [0.4, 0.5) is 0 Å². The third kappa shape index (κ3) is 4.52. The highest BCUT2D eigenvalue weighted by Crippen LogP contribution is 2.29. The van der Waals surface area contributed by atoms with E-state index in [4.69, 9.17) is 0 Å². The maximum Gasteiger partial charge on any atom is 0.241 e. The Bertz CT molecular complexity index is 546. The van der Waals surface area contributed by atoms with E-state index in [1.54, 1.807) is 0 Å². The van der Waals surface area contributed by atoms with Gasteiger partial charge in [-0.2, -0.15) is 0 Å². The van der Waals surface area contributed by atoms with E-state index in [0.29, 0.717) is 18.0 Å². The summed E-state index contributed by atoms with van der Waals surface area (Å²) in [6, 6.07) is 0. The third-order valence-electron chi connectivity index (χ3n) is 4.15. The molecule has 120 valence electrons. The van der Waals surface area contributed by atoms with Gasteiger partial charge in [-0.05, 0) is 43.7 Å². The van der Waals surface area contributed by atoms with Gasteiger partial charge in [-0.1, -0.05) is 25.7 Å². The van der Waals surface area contributed by atoms with Crippen LogP contribution in [-0.4, -0.2) is 22.0 Å². The van der Waals surface area contributed by atoms with Crippen LogP contribution in [0.5, 0.6) is 0 Å². The van der Waals surface area contributed by atoms with E-state index in [-0.39, 0.29) is 0 Å². The molecule has 0 bridgehead atoms. The molecule has 1 fully saturated rings. The Balaban J connectivity index is 1.90. The number of thiophene rings is 1. The fraction of sp³-hybridized carbons (Fsp3) is 0.733. The van der Waals surface area contributed by atoms with Crippen molar-refractivity contribution < 1.29 is 8.42 Å². The largest absolute Gasteiger partial charge is 0.315 e. The maximum atomic E-state index is 12.5. The molecule has 0 radical (unpaired) electrons. The van der Waals surface area contributed by atoms with E-state index >= 15 is 0 Å². The molecule has 0 unspecified atom stereocenters. The summed E-state index contributed by atoms with van der Waals surface area (Å²) in [5.41, 5.74) is 0.841. The van der Waals surface area contributed by atoms with Gasteiger partial charge in [0, 0.05) is 18.0 Å². The topological polar surface area (TPSA) is 58.2 Å². The van der Waals surface area contributed by atoms with Crippen LogP contribution in [0.3, 0.4) is 0 Å². The van der Waals surface area contributed by atoms with Gasteiger partial charge in [0.1, 0.15) is 4.90 Å². The van der Waals surface area contributed by atoms with Crippen LogP contribution in [0.1, 0.15) is 49.0 Å². The Morgan fingerprint density at radius 3 is 2.71 bits per heavy atom. The monoisotopic (exact) mass is 330 g/mol. The van der Waals surface area contributed by atoms with Crippen LogP contribution < -0.4 is 10.0 Å². The molecule has 21 heavy (non-hydrogen) atoms. The van der Waals surface area contributed by atoms with Gasteiger partial charge in [0.25, 0.3) is 0 Å². The highest BCUT2D eigenvalue weighted by Gasteiger charge is 2.22. The molecule has 0 amide bonds. The van der Waals surface area contributed by atoms with Gasteiger partial charge < -0.3 is 5.32 Å². The molecule has 2 rings (SSSR count). The molecule has 0 aliphatic heterocycles. The van der Waals surface area contributed by atoms with E-state index in [2.05, 4.69) is 10.0 Å². The first-order valence-electron chi connectivity index (χ1n) is 7.76. The number of sulfonamides is 1. The van der Waals surface area contributed by atoms with Gasteiger partial charge >= 0.3 is 0 Å². The average molecular weight is 331 g/mol. The van der Waals surface area contributed by atoms with Crippen LogP contribution in [-0.2, 0) is 16.6 Å². The normalized spacial score (nSPS) is 16.7. The van der Waals surface area contributed by atoms with Crippen molar-refractivity contribution in [3.05, 3.63) is 15.8 Å². The van der Waals surface area contributed by atoms with Crippen molar-refractivity contribution in [1.29, 1.82) is 0 Å². The van der Waals surface area contributed by atoms with E-state index in [0.717, 1.165) is 29.2 Å². The van der Waals surface area contributed by atoms with Gasteiger partial charge in [0.15, 0.2) is 0 Å². The lowest BCUT2D eigenvalue weighted by molar-refractivity contribution is 0.480. The van der Waals surface area contributed by atoms with Crippen molar-refractivity contribution >= 4 is 21.4 Å². The minimum atomic E-state index is -3.38. The molecule has 1 aliphatic carbocycles. The summed E-state index contributed by atoms with van der Waals surface area (Å²) in [5.74, 6) is 0.817. The molecule has 0 saturated heterocycles. The van der Waals surface area contributed by atoms with Crippen LogP contribution in [0.25, 0.3) is 0 Å². The second kappa shape index (κ2) is 7.72. The first kappa shape index (κ1) is 16.9.